The molecule has 5 N–H and O–H groups in total. The lowest BCUT2D eigenvalue weighted by Gasteiger charge is -2.27. The van der Waals surface area contributed by atoms with Crippen LogP contribution in [0.5, 0.6) is 5.75 Å². The SMILES string of the molecule is COc1ccccc1-c1noc(CNCC2OCC(O)(n3cnc4c(N)ncnc43)C2O)n1. The fourth-order valence-electron chi connectivity index (χ4n) is 3.81. The summed E-state index contributed by atoms with van der Waals surface area (Å²) in [6.07, 6.45) is 0.661. The Morgan fingerprint density at radius 2 is 2.15 bits per heavy atom. The standard InChI is InChI=1S/C20H22N8O5/c1-31-12-5-3-2-4-11(12)18-26-14(33-27-18)7-22-6-13-16(29)20(30,8-32-13)28-10-25-15-17(21)23-9-24-19(15)28/h2-5,9-10,13,16,22,29-30H,6-8H2,1H3,(H2,21,23,24). The maximum absolute atomic E-state index is 11.1. The number of benzene rings is 1. The predicted octanol–water partition coefficient (Wildman–Crippen LogP) is -0.338. The van der Waals surface area contributed by atoms with Gasteiger partial charge < -0.3 is 35.3 Å². The highest BCUT2D eigenvalue weighted by Gasteiger charge is 2.50. The Labute approximate surface area is 187 Å². The molecule has 1 fully saturated rings. The zero-order valence-electron chi connectivity index (χ0n) is 17.6. The van der Waals surface area contributed by atoms with Crippen LogP contribution in [0.2, 0.25) is 0 Å². The molecule has 5 rings (SSSR count). The summed E-state index contributed by atoms with van der Waals surface area (Å²) >= 11 is 0. The molecular weight excluding hydrogens is 432 g/mol. The van der Waals surface area contributed by atoms with Crippen LogP contribution >= 0.6 is 0 Å². The fraction of sp³-hybridized carbons (Fsp3) is 0.350. The van der Waals surface area contributed by atoms with E-state index in [2.05, 4.69) is 30.4 Å². The lowest BCUT2D eigenvalue weighted by Crippen LogP contribution is -2.48. The van der Waals surface area contributed by atoms with Gasteiger partial charge >= 0.3 is 0 Å². The maximum Gasteiger partial charge on any atom is 0.240 e. The van der Waals surface area contributed by atoms with Crippen LogP contribution in [-0.4, -0.2) is 72.3 Å². The van der Waals surface area contributed by atoms with Gasteiger partial charge in [0.1, 0.15) is 29.8 Å². The topological polar surface area (TPSA) is 179 Å². The van der Waals surface area contributed by atoms with E-state index < -0.39 is 17.9 Å². The Hall–Kier alpha value is -3.65. The Bertz CT molecular complexity index is 1280. The summed E-state index contributed by atoms with van der Waals surface area (Å²) in [7, 11) is 1.57. The summed E-state index contributed by atoms with van der Waals surface area (Å²) in [4.78, 5) is 16.5. The molecule has 0 bridgehead atoms. The van der Waals surface area contributed by atoms with Crippen molar-refractivity contribution in [2.24, 2.45) is 0 Å². The number of imidazole rings is 1. The Morgan fingerprint density at radius 1 is 1.30 bits per heavy atom. The summed E-state index contributed by atoms with van der Waals surface area (Å²) in [5, 5.41) is 29.1. The van der Waals surface area contributed by atoms with E-state index in [1.165, 1.54) is 17.2 Å². The number of ether oxygens (including phenoxy) is 2. The van der Waals surface area contributed by atoms with E-state index in [1.807, 2.05) is 24.3 Å². The van der Waals surface area contributed by atoms with Crippen LogP contribution in [0.4, 0.5) is 5.82 Å². The highest BCUT2D eigenvalue weighted by atomic mass is 16.5. The van der Waals surface area contributed by atoms with Crippen molar-refractivity contribution in [2.75, 3.05) is 26.0 Å². The largest absolute Gasteiger partial charge is 0.496 e. The average Bonchev–Trinajstić information content (AvgIpc) is 3.54. The van der Waals surface area contributed by atoms with Crippen LogP contribution in [0.1, 0.15) is 5.89 Å². The lowest BCUT2D eigenvalue weighted by molar-refractivity contribution is -0.107. The second kappa shape index (κ2) is 8.37. The second-order valence-corrected chi connectivity index (χ2v) is 7.56. The first kappa shape index (κ1) is 21.2. The van der Waals surface area contributed by atoms with Crippen LogP contribution in [0, 0.1) is 0 Å². The van der Waals surface area contributed by atoms with Crippen LogP contribution in [0.3, 0.4) is 0 Å². The third-order valence-corrected chi connectivity index (χ3v) is 5.55. The Balaban J connectivity index is 1.24. The number of nitrogen functional groups attached to an aromatic ring is 1. The van der Waals surface area contributed by atoms with Gasteiger partial charge in [0.15, 0.2) is 17.2 Å². The molecule has 1 aliphatic rings. The lowest BCUT2D eigenvalue weighted by atomic mass is 10.1. The average molecular weight is 454 g/mol. The number of anilines is 1. The highest BCUT2D eigenvalue weighted by Crippen LogP contribution is 2.32. The number of nitrogens with zero attached hydrogens (tertiary/aromatic N) is 6. The molecule has 0 aliphatic carbocycles. The quantitative estimate of drug-likeness (QED) is 0.286. The number of fused-ring (bicyclic) bond motifs is 1. The molecule has 172 valence electrons. The molecular formula is C20H22N8O5. The molecule has 0 saturated carbocycles. The molecule has 1 aliphatic heterocycles. The molecule has 13 nitrogen and oxygen atoms in total. The van der Waals surface area contributed by atoms with Gasteiger partial charge in [-0.05, 0) is 12.1 Å². The summed E-state index contributed by atoms with van der Waals surface area (Å²) in [6.45, 7) is 0.304. The van der Waals surface area contributed by atoms with Crippen molar-refractivity contribution in [1.82, 2.24) is 35.0 Å². The third-order valence-electron chi connectivity index (χ3n) is 5.55. The Kier molecular flexibility index (Phi) is 5.38. The molecule has 33 heavy (non-hydrogen) atoms. The molecule has 4 aromatic rings. The summed E-state index contributed by atoms with van der Waals surface area (Å²) in [6, 6.07) is 7.36. The minimum absolute atomic E-state index is 0.158. The van der Waals surface area contributed by atoms with Crippen LogP contribution < -0.4 is 15.8 Å². The van der Waals surface area contributed by atoms with E-state index in [9.17, 15) is 10.2 Å². The molecule has 1 aromatic carbocycles. The zero-order valence-corrected chi connectivity index (χ0v) is 17.6. The van der Waals surface area contributed by atoms with E-state index >= 15 is 0 Å². The second-order valence-electron chi connectivity index (χ2n) is 7.56. The van der Waals surface area contributed by atoms with E-state index in [0.29, 0.717) is 34.2 Å². The molecule has 0 radical (unpaired) electrons. The van der Waals surface area contributed by atoms with Gasteiger partial charge in [0.2, 0.25) is 11.7 Å². The van der Waals surface area contributed by atoms with Gasteiger partial charge in [0.05, 0.1) is 32.2 Å². The first-order valence-electron chi connectivity index (χ1n) is 10.1. The molecule has 3 unspecified atom stereocenters. The van der Waals surface area contributed by atoms with Crippen molar-refractivity contribution in [3.8, 4) is 17.1 Å². The minimum Gasteiger partial charge on any atom is -0.496 e. The van der Waals surface area contributed by atoms with Crippen molar-refractivity contribution in [1.29, 1.82) is 0 Å². The minimum atomic E-state index is -1.76. The maximum atomic E-state index is 11.1. The zero-order chi connectivity index (χ0) is 23.0. The molecule has 13 heteroatoms. The molecule has 3 atom stereocenters. The fourth-order valence-corrected chi connectivity index (χ4v) is 3.81. The Morgan fingerprint density at radius 3 is 3.00 bits per heavy atom. The molecule has 1 saturated heterocycles. The third kappa shape index (κ3) is 3.66. The smallest absolute Gasteiger partial charge is 0.240 e. The monoisotopic (exact) mass is 454 g/mol. The number of aromatic nitrogens is 6. The number of para-hydroxylation sites is 1. The van der Waals surface area contributed by atoms with Crippen molar-refractivity contribution in [2.45, 2.75) is 24.5 Å². The number of hydrogen-bond acceptors (Lipinski definition) is 12. The van der Waals surface area contributed by atoms with Gasteiger partial charge in [-0.2, -0.15) is 4.98 Å². The van der Waals surface area contributed by atoms with E-state index in [1.54, 1.807) is 7.11 Å². The molecule has 3 aromatic heterocycles. The van der Waals surface area contributed by atoms with Gasteiger partial charge in [-0.25, -0.2) is 15.0 Å². The number of aliphatic hydroxyl groups excluding tert-OH is 1. The van der Waals surface area contributed by atoms with Gasteiger partial charge in [0, 0.05) is 6.54 Å². The molecule has 0 amide bonds. The number of rotatable bonds is 7. The summed E-state index contributed by atoms with van der Waals surface area (Å²) in [5.74, 6) is 1.58. The van der Waals surface area contributed by atoms with Crippen LogP contribution in [0.15, 0.2) is 41.4 Å². The highest BCUT2D eigenvalue weighted by molar-refractivity contribution is 5.81. The van der Waals surface area contributed by atoms with Crippen molar-refractivity contribution < 1.29 is 24.2 Å². The predicted molar refractivity (Wildman–Crippen MR) is 114 cm³/mol. The summed E-state index contributed by atoms with van der Waals surface area (Å²) in [5.41, 5.74) is 5.40. The number of methoxy groups -OCH3 is 1. The van der Waals surface area contributed by atoms with Gasteiger partial charge in [-0.15, -0.1) is 0 Å². The first-order chi connectivity index (χ1) is 16.0. The van der Waals surface area contributed by atoms with E-state index in [-0.39, 0.29) is 25.5 Å². The number of aliphatic hydroxyl groups is 2. The van der Waals surface area contributed by atoms with Gasteiger partial charge in [-0.3, -0.25) is 4.57 Å². The van der Waals surface area contributed by atoms with E-state index in [4.69, 9.17) is 19.7 Å². The van der Waals surface area contributed by atoms with Crippen LogP contribution in [-0.2, 0) is 17.0 Å². The molecule has 0 spiro atoms. The summed E-state index contributed by atoms with van der Waals surface area (Å²) < 4.78 is 17.6. The van der Waals surface area contributed by atoms with Crippen molar-refractivity contribution in [3.05, 3.63) is 42.8 Å². The van der Waals surface area contributed by atoms with Crippen LogP contribution in [0.25, 0.3) is 22.6 Å². The normalized spacial score (nSPS) is 22.8. The van der Waals surface area contributed by atoms with Crippen molar-refractivity contribution >= 4 is 17.0 Å². The number of hydrogen-bond donors (Lipinski definition) is 4. The van der Waals surface area contributed by atoms with Gasteiger partial charge in [-0.1, -0.05) is 17.3 Å². The first-order valence-corrected chi connectivity index (χ1v) is 10.1. The number of nitrogens with one attached hydrogen (secondary N) is 1. The van der Waals surface area contributed by atoms with Crippen molar-refractivity contribution in [3.63, 3.8) is 0 Å². The number of nitrogens with two attached hydrogens (primary N) is 1. The van der Waals surface area contributed by atoms with E-state index in [0.717, 1.165) is 0 Å². The van der Waals surface area contributed by atoms with Gasteiger partial charge in [0.25, 0.3) is 0 Å². The molecule has 4 heterocycles.